The molecule has 2 N–H and O–H groups in total. The molecule has 194 valence electrons. The van der Waals surface area contributed by atoms with Gasteiger partial charge in [0, 0.05) is 76.5 Å². The summed E-state index contributed by atoms with van der Waals surface area (Å²) in [5, 5.41) is 3.02. The van der Waals surface area contributed by atoms with Crippen LogP contribution in [0.4, 0.5) is 16.2 Å². The average Bonchev–Trinajstić information content (AvgIpc) is 3.35. The fourth-order valence-corrected chi connectivity index (χ4v) is 5.43. The van der Waals surface area contributed by atoms with E-state index < -0.39 is 0 Å². The molecule has 3 aliphatic rings. The van der Waals surface area contributed by atoms with Crippen LogP contribution in [0.3, 0.4) is 0 Å². The lowest BCUT2D eigenvalue weighted by atomic mass is 9.95. The Hall–Kier alpha value is -3.04. The van der Waals surface area contributed by atoms with Crippen molar-refractivity contribution >= 4 is 23.3 Å². The van der Waals surface area contributed by atoms with Gasteiger partial charge in [-0.3, -0.25) is 9.69 Å². The summed E-state index contributed by atoms with van der Waals surface area (Å²) in [6.45, 7) is 11.2. The smallest absolute Gasteiger partial charge is 0.321 e. The van der Waals surface area contributed by atoms with E-state index >= 15 is 0 Å². The summed E-state index contributed by atoms with van der Waals surface area (Å²) in [5.74, 6) is 0.763. The third-order valence-electron chi connectivity index (χ3n) is 7.74. The second kappa shape index (κ2) is 11.3. The number of piperidine rings is 1. The van der Waals surface area contributed by atoms with Crippen LogP contribution < -0.4 is 10.2 Å². The number of aromatic amines is 1. The molecular weight excluding hydrogens is 456 g/mol. The summed E-state index contributed by atoms with van der Waals surface area (Å²) in [5.41, 5.74) is 3.59. The van der Waals surface area contributed by atoms with Gasteiger partial charge in [-0.15, -0.1) is 0 Å². The van der Waals surface area contributed by atoms with Crippen molar-refractivity contribution in [1.82, 2.24) is 19.7 Å². The van der Waals surface area contributed by atoms with Crippen molar-refractivity contribution in [2.75, 3.05) is 82.3 Å². The third kappa shape index (κ3) is 5.84. The fraction of sp³-hybridized carbons (Fsp3) is 0.556. The van der Waals surface area contributed by atoms with Gasteiger partial charge in [0.25, 0.3) is 5.91 Å². The van der Waals surface area contributed by atoms with Crippen LogP contribution in [0.15, 0.2) is 36.5 Å². The Bertz CT molecular complexity index is 1020. The highest BCUT2D eigenvalue weighted by Crippen LogP contribution is 2.25. The van der Waals surface area contributed by atoms with E-state index in [0.29, 0.717) is 31.9 Å². The molecule has 3 saturated heterocycles. The molecule has 2 aromatic rings. The van der Waals surface area contributed by atoms with Gasteiger partial charge in [0.2, 0.25) is 0 Å². The monoisotopic (exact) mass is 494 g/mol. The number of carbonyl (C=O) groups is 2. The molecule has 0 bridgehead atoms. The number of hydrogen-bond donors (Lipinski definition) is 2. The molecule has 9 nitrogen and oxygen atoms in total. The topological polar surface area (TPSA) is 84.1 Å². The summed E-state index contributed by atoms with van der Waals surface area (Å²) < 4.78 is 5.47. The minimum atomic E-state index is -0.116. The first-order chi connectivity index (χ1) is 17.6. The molecule has 36 heavy (non-hydrogen) atoms. The lowest BCUT2D eigenvalue weighted by molar-refractivity contribution is 0.0289. The molecule has 1 aromatic carbocycles. The van der Waals surface area contributed by atoms with Crippen molar-refractivity contribution in [3.05, 3.63) is 47.8 Å². The normalized spacial score (nSPS) is 20.0. The van der Waals surface area contributed by atoms with Crippen molar-refractivity contribution in [1.29, 1.82) is 0 Å². The number of anilines is 2. The first kappa shape index (κ1) is 24.6. The molecule has 3 aliphatic heterocycles. The molecule has 0 unspecified atom stereocenters. The SMILES string of the molecule is Cc1cc[nH]c1C(=O)N1CCN(C(=O)Nc2ccc(N3CCC(CN4CCOCC4)CC3)cc2)CC1. The standard InChI is InChI=1S/C27H38N6O3/c1-21-6-9-28-25(21)26(34)32-12-14-33(15-13-32)27(35)29-23-2-4-24(5-3-23)31-10-7-22(8-11-31)20-30-16-18-36-19-17-30/h2-6,9,22,28H,7-8,10-20H2,1H3,(H,29,35). The molecule has 0 aliphatic carbocycles. The molecule has 0 radical (unpaired) electrons. The van der Waals surface area contributed by atoms with Crippen molar-refractivity contribution in [2.45, 2.75) is 19.8 Å². The van der Waals surface area contributed by atoms with Gasteiger partial charge in [-0.25, -0.2) is 4.79 Å². The Kier molecular flexibility index (Phi) is 7.77. The second-order valence-electron chi connectivity index (χ2n) is 10.1. The van der Waals surface area contributed by atoms with Gasteiger partial charge in [-0.1, -0.05) is 0 Å². The number of aryl methyl sites for hydroxylation is 1. The number of nitrogens with zero attached hydrogens (tertiary/aromatic N) is 4. The number of ether oxygens (including phenoxy) is 1. The predicted octanol–water partition coefficient (Wildman–Crippen LogP) is 2.86. The Morgan fingerprint density at radius 1 is 0.917 bits per heavy atom. The van der Waals surface area contributed by atoms with E-state index in [1.807, 2.05) is 30.0 Å². The molecule has 3 fully saturated rings. The highest BCUT2D eigenvalue weighted by atomic mass is 16.5. The molecule has 1 aromatic heterocycles. The third-order valence-corrected chi connectivity index (χ3v) is 7.74. The maximum atomic E-state index is 12.8. The molecule has 0 spiro atoms. The van der Waals surface area contributed by atoms with E-state index in [2.05, 4.69) is 32.2 Å². The van der Waals surface area contributed by atoms with E-state index in [1.165, 1.54) is 25.1 Å². The van der Waals surface area contributed by atoms with Gasteiger partial charge in [0.1, 0.15) is 5.69 Å². The summed E-state index contributed by atoms with van der Waals surface area (Å²) in [6, 6.07) is 9.97. The average molecular weight is 495 g/mol. The van der Waals surface area contributed by atoms with Crippen LogP contribution >= 0.6 is 0 Å². The maximum Gasteiger partial charge on any atom is 0.321 e. The maximum absolute atomic E-state index is 12.8. The number of piperazine rings is 1. The van der Waals surface area contributed by atoms with E-state index in [4.69, 9.17) is 4.74 Å². The van der Waals surface area contributed by atoms with Crippen LogP contribution in [0.25, 0.3) is 0 Å². The van der Waals surface area contributed by atoms with Gasteiger partial charge >= 0.3 is 6.03 Å². The molecule has 3 amide bonds. The van der Waals surface area contributed by atoms with Crippen LogP contribution in [0.2, 0.25) is 0 Å². The largest absolute Gasteiger partial charge is 0.379 e. The van der Waals surface area contributed by atoms with Crippen molar-refractivity contribution < 1.29 is 14.3 Å². The zero-order chi connectivity index (χ0) is 24.9. The summed E-state index contributed by atoms with van der Waals surface area (Å²) in [6.07, 6.45) is 4.22. The number of carbonyl (C=O) groups excluding carboxylic acids is 2. The highest BCUT2D eigenvalue weighted by Gasteiger charge is 2.26. The second-order valence-corrected chi connectivity index (χ2v) is 10.1. The van der Waals surface area contributed by atoms with Gasteiger partial charge < -0.3 is 29.7 Å². The minimum Gasteiger partial charge on any atom is -0.379 e. The van der Waals surface area contributed by atoms with Crippen molar-refractivity contribution in [3.63, 3.8) is 0 Å². The number of aromatic nitrogens is 1. The van der Waals surface area contributed by atoms with Crippen LogP contribution in [-0.2, 0) is 4.74 Å². The Morgan fingerprint density at radius 3 is 2.22 bits per heavy atom. The lowest BCUT2D eigenvalue weighted by Crippen LogP contribution is -2.51. The van der Waals surface area contributed by atoms with E-state index in [-0.39, 0.29) is 11.9 Å². The first-order valence-corrected chi connectivity index (χ1v) is 13.2. The Labute approximate surface area is 213 Å². The van der Waals surface area contributed by atoms with Crippen molar-refractivity contribution in [3.8, 4) is 0 Å². The zero-order valence-corrected chi connectivity index (χ0v) is 21.2. The molecule has 9 heteroatoms. The molecular formula is C27H38N6O3. The lowest BCUT2D eigenvalue weighted by Gasteiger charge is -2.37. The molecule has 4 heterocycles. The number of urea groups is 1. The minimum absolute atomic E-state index is 0.00160. The van der Waals surface area contributed by atoms with Crippen LogP contribution in [-0.4, -0.2) is 104 Å². The summed E-state index contributed by atoms with van der Waals surface area (Å²) in [4.78, 5) is 37.1. The van der Waals surface area contributed by atoms with Crippen LogP contribution in [0.1, 0.15) is 28.9 Å². The van der Waals surface area contributed by atoms with Crippen molar-refractivity contribution in [2.24, 2.45) is 5.92 Å². The number of rotatable bonds is 5. The van der Waals surface area contributed by atoms with E-state index in [1.54, 1.807) is 11.1 Å². The zero-order valence-electron chi connectivity index (χ0n) is 21.2. The predicted molar refractivity (Wildman–Crippen MR) is 141 cm³/mol. The molecule has 0 atom stereocenters. The molecule has 0 saturated carbocycles. The highest BCUT2D eigenvalue weighted by molar-refractivity contribution is 5.94. The number of hydrogen-bond acceptors (Lipinski definition) is 5. The van der Waals surface area contributed by atoms with Crippen LogP contribution in [0.5, 0.6) is 0 Å². The number of H-pyrrole nitrogens is 1. The van der Waals surface area contributed by atoms with E-state index in [9.17, 15) is 9.59 Å². The first-order valence-electron chi connectivity index (χ1n) is 13.2. The Balaban J connectivity index is 1.06. The number of nitrogens with one attached hydrogen (secondary N) is 2. The number of benzene rings is 1. The van der Waals surface area contributed by atoms with E-state index in [0.717, 1.165) is 56.6 Å². The Morgan fingerprint density at radius 2 is 1.58 bits per heavy atom. The number of morpholine rings is 1. The fourth-order valence-electron chi connectivity index (χ4n) is 5.43. The van der Waals surface area contributed by atoms with Crippen LogP contribution in [0, 0.1) is 12.8 Å². The van der Waals surface area contributed by atoms with Gasteiger partial charge in [-0.05, 0) is 61.6 Å². The number of amides is 3. The van der Waals surface area contributed by atoms with Gasteiger partial charge in [0.15, 0.2) is 0 Å². The summed E-state index contributed by atoms with van der Waals surface area (Å²) >= 11 is 0. The summed E-state index contributed by atoms with van der Waals surface area (Å²) in [7, 11) is 0. The molecule has 5 rings (SSSR count). The van der Waals surface area contributed by atoms with Gasteiger partial charge in [-0.2, -0.15) is 0 Å². The quantitative estimate of drug-likeness (QED) is 0.668. The van der Waals surface area contributed by atoms with Gasteiger partial charge in [0.05, 0.1) is 13.2 Å².